The predicted molar refractivity (Wildman–Crippen MR) is 83.7 cm³/mol. The summed E-state index contributed by atoms with van der Waals surface area (Å²) in [5.74, 6) is -0.743. The molecule has 3 aromatic rings. The van der Waals surface area contributed by atoms with Crippen LogP contribution < -0.4 is 5.73 Å². The molecule has 0 saturated heterocycles. The second-order valence-corrected chi connectivity index (χ2v) is 4.78. The average Bonchev–Trinajstić information content (AvgIpc) is 2.98. The molecule has 0 aliphatic rings. The standard InChI is InChI=1S/C16H12N6O/c17-7-10(15(18)23)4-5-11-8-20-16-14(11)22-13(9-21-16)12-3-1-2-6-19-12/h1-4,6,8-9H,5H2,(H2,18,23)(H,20,21)/b10-4+. The molecule has 0 aromatic carbocycles. The van der Waals surface area contributed by atoms with Gasteiger partial charge in [-0.25, -0.2) is 9.97 Å². The molecule has 0 bridgehead atoms. The van der Waals surface area contributed by atoms with Crippen molar-refractivity contribution in [3.63, 3.8) is 0 Å². The number of allylic oxidation sites excluding steroid dienone is 1. The zero-order valence-electron chi connectivity index (χ0n) is 12.0. The Morgan fingerprint density at radius 1 is 1.35 bits per heavy atom. The molecule has 0 radical (unpaired) electrons. The highest BCUT2D eigenvalue weighted by Crippen LogP contribution is 2.20. The molecule has 0 aliphatic heterocycles. The van der Waals surface area contributed by atoms with Crippen LogP contribution in [0.5, 0.6) is 0 Å². The largest absolute Gasteiger partial charge is 0.365 e. The Morgan fingerprint density at radius 3 is 2.91 bits per heavy atom. The molecule has 0 spiro atoms. The van der Waals surface area contributed by atoms with Gasteiger partial charge in [0.05, 0.1) is 11.9 Å². The Hall–Kier alpha value is -3.53. The normalized spacial score (nSPS) is 11.3. The third-order valence-electron chi connectivity index (χ3n) is 3.30. The summed E-state index contributed by atoms with van der Waals surface area (Å²) in [6, 6.07) is 7.33. The van der Waals surface area contributed by atoms with E-state index < -0.39 is 5.91 Å². The number of amides is 1. The van der Waals surface area contributed by atoms with Crippen LogP contribution in [0.4, 0.5) is 0 Å². The number of nitrogens with one attached hydrogen (secondary N) is 1. The zero-order valence-corrected chi connectivity index (χ0v) is 12.0. The van der Waals surface area contributed by atoms with Crippen LogP contribution >= 0.6 is 0 Å². The van der Waals surface area contributed by atoms with Gasteiger partial charge in [0.25, 0.3) is 5.91 Å². The van der Waals surface area contributed by atoms with Crippen LogP contribution in [0, 0.1) is 11.3 Å². The summed E-state index contributed by atoms with van der Waals surface area (Å²) in [5.41, 5.74) is 8.54. The highest BCUT2D eigenvalue weighted by Gasteiger charge is 2.10. The highest BCUT2D eigenvalue weighted by atomic mass is 16.1. The Bertz CT molecular complexity index is 936. The van der Waals surface area contributed by atoms with Crippen molar-refractivity contribution in [2.45, 2.75) is 6.42 Å². The first-order valence-electron chi connectivity index (χ1n) is 6.83. The third-order valence-corrected chi connectivity index (χ3v) is 3.30. The molecule has 3 heterocycles. The van der Waals surface area contributed by atoms with Crippen LogP contribution in [-0.4, -0.2) is 25.8 Å². The maximum absolute atomic E-state index is 11.1. The number of nitrogens with two attached hydrogens (primary N) is 1. The maximum Gasteiger partial charge on any atom is 0.259 e. The van der Waals surface area contributed by atoms with Gasteiger partial charge in [-0.2, -0.15) is 5.26 Å². The van der Waals surface area contributed by atoms with Gasteiger partial charge in [0.15, 0.2) is 5.65 Å². The van der Waals surface area contributed by atoms with Crippen molar-refractivity contribution >= 4 is 17.1 Å². The van der Waals surface area contributed by atoms with E-state index in [2.05, 4.69) is 19.9 Å². The predicted octanol–water partition coefficient (Wildman–Crippen LogP) is 1.50. The number of H-pyrrole nitrogens is 1. The molecular weight excluding hydrogens is 292 g/mol. The van der Waals surface area contributed by atoms with Gasteiger partial charge >= 0.3 is 0 Å². The van der Waals surface area contributed by atoms with Gasteiger partial charge in [0.2, 0.25) is 0 Å². The first-order valence-corrected chi connectivity index (χ1v) is 6.83. The Kier molecular flexibility index (Phi) is 3.80. The van der Waals surface area contributed by atoms with E-state index in [-0.39, 0.29) is 5.57 Å². The number of fused-ring (bicyclic) bond motifs is 1. The number of carbonyl (C=O) groups is 1. The van der Waals surface area contributed by atoms with Crippen molar-refractivity contribution < 1.29 is 4.79 Å². The second kappa shape index (κ2) is 6.07. The van der Waals surface area contributed by atoms with E-state index in [1.54, 1.807) is 24.7 Å². The Labute approximate surface area is 131 Å². The van der Waals surface area contributed by atoms with Crippen LogP contribution in [0.3, 0.4) is 0 Å². The van der Waals surface area contributed by atoms with Crippen molar-refractivity contribution in [1.82, 2.24) is 19.9 Å². The molecule has 7 heteroatoms. The molecule has 0 saturated carbocycles. The monoisotopic (exact) mass is 304 g/mol. The number of hydrogen-bond donors (Lipinski definition) is 2. The molecule has 3 aromatic heterocycles. The fourth-order valence-electron chi connectivity index (χ4n) is 2.15. The molecule has 3 N–H and O–H groups in total. The van der Waals surface area contributed by atoms with Crippen molar-refractivity contribution in [1.29, 1.82) is 5.26 Å². The number of aromatic nitrogens is 4. The summed E-state index contributed by atoms with van der Waals surface area (Å²) < 4.78 is 0. The van der Waals surface area contributed by atoms with Gasteiger partial charge in [0, 0.05) is 18.0 Å². The number of nitrogens with zero attached hydrogens (tertiary/aromatic N) is 4. The van der Waals surface area contributed by atoms with Gasteiger partial charge in [-0.1, -0.05) is 12.1 Å². The van der Waals surface area contributed by atoms with E-state index in [9.17, 15) is 4.79 Å². The van der Waals surface area contributed by atoms with Gasteiger partial charge in [-0.3, -0.25) is 9.78 Å². The molecule has 0 unspecified atom stereocenters. The molecule has 3 rings (SSSR count). The number of hydrogen-bond acceptors (Lipinski definition) is 5. The topological polar surface area (TPSA) is 121 Å². The average molecular weight is 304 g/mol. The van der Waals surface area contributed by atoms with Crippen molar-refractivity contribution in [3.8, 4) is 17.5 Å². The summed E-state index contributed by atoms with van der Waals surface area (Å²) in [5, 5.41) is 8.87. The minimum atomic E-state index is -0.743. The van der Waals surface area contributed by atoms with Gasteiger partial charge in [0.1, 0.15) is 22.9 Å². The van der Waals surface area contributed by atoms with Crippen molar-refractivity contribution in [2.24, 2.45) is 5.73 Å². The first-order chi connectivity index (χ1) is 11.2. The van der Waals surface area contributed by atoms with Crippen molar-refractivity contribution in [3.05, 3.63) is 54.0 Å². The smallest absolute Gasteiger partial charge is 0.259 e. The first kappa shape index (κ1) is 14.4. The van der Waals surface area contributed by atoms with E-state index in [0.717, 1.165) is 11.3 Å². The van der Waals surface area contributed by atoms with Crippen LogP contribution in [-0.2, 0) is 11.2 Å². The summed E-state index contributed by atoms with van der Waals surface area (Å²) in [6.45, 7) is 0. The molecule has 0 aliphatic carbocycles. The van der Waals surface area contributed by atoms with Gasteiger partial charge in [-0.15, -0.1) is 0 Å². The van der Waals surface area contributed by atoms with Crippen LogP contribution in [0.1, 0.15) is 5.56 Å². The second-order valence-electron chi connectivity index (χ2n) is 4.78. The van der Waals surface area contributed by atoms with E-state index >= 15 is 0 Å². The number of aromatic amines is 1. The molecule has 0 fully saturated rings. The number of rotatable bonds is 4. The number of nitriles is 1. The van der Waals surface area contributed by atoms with Crippen LogP contribution in [0.25, 0.3) is 22.6 Å². The van der Waals surface area contributed by atoms with Crippen molar-refractivity contribution in [2.75, 3.05) is 0 Å². The SMILES string of the molecule is N#C/C(=C\Cc1c[nH]c2ncc(-c3ccccn3)nc12)C(N)=O. The Balaban J connectivity index is 2.00. The van der Waals surface area contributed by atoms with Crippen LogP contribution in [0.2, 0.25) is 0 Å². The molecule has 7 nitrogen and oxygen atoms in total. The number of carbonyl (C=O) groups excluding carboxylic acids is 1. The zero-order chi connectivity index (χ0) is 16.2. The summed E-state index contributed by atoms with van der Waals surface area (Å²) in [4.78, 5) is 27.2. The third kappa shape index (κ3) is 2.91. The molecule has 0 atom stereocenters. The molecule has 23 heavy (non-hydrogen) atoms. The summed E-state index contributed by atoms with van der Waals surface area (Å²) in [6.07, 6.45) is 6.92. The lowest BCUT2D eigenvalue weighted by Gasteiger charge is -2.00. The minimum Gasteiger partial charge on any atom is -0.365 e. The van der Waals surface area contributed by atoms with E-state index in [1.165, 1.54) is 6.08 Å². The fourth-order valence-corrected chi connectivity index (χ4v) is 2.15. The molecule has 1 amide bonds. The minimum absolute atomic E-state index is 0.0758. The van der Waals surface area contributed by atoms with Crippen LogP contribution in [0.15, 0.2) is 48.4 Å². The summed E-state index contributed by atoms with van der Waals surface area (Å²) in [7, 11) is 0. The lowest BCUT2D eigenvalue weighted by Crippen LogP contribution is -2.12. The van der Waals surface area contributed by atoms with E-state index in [1.807, 2.05) is 18.2 Å². The maximum atomic E-state index is 11.1. The highest BCUT2D eigenvalue weighted by molar-refractivity contribution is 5.96. The van der Waals surface area contributed by atoms with Gasteiger partial charge in [-0.05, 0) is 18.6 Å². The fraction of sp³-hybridized carbons (Fsp3) is 0.0625. The van der Waals surface area contributed by atoms with E-state index in [4.69, 9.17) is 11.0 Å². The van der Waals surface area contributed by atoms with E-state index in [0.29, 0.717) is 23.3 Å². The van der Waals surface area contributed by atoms with Gasteiger partial charge < -0.3 is 10.7 Å². The number of primary amides is 1. The molecular formula is C16H12N6O. The number of pyridine rings is 1. The Morgan fingerprint density at radius 2 is 2.22 bits per heavy atom. The summed E-state index contributed by atoms with van der Waals surface area (Å²) >= 11 is 0. The lowest BCUT2D eigenvalue weighted by atomic mass is 10.1. The molecule has 112 valence electrons. The quantitative estimate of drug-likeness (QED) is 0.558. The lowest BCUT2D eigenvalue weighted by molar-refractivity contribution is -0.114.